The lowest BCUT2D eigenvalue weighted by molar-refractivity contribution is 0.394. The molecule has 0 spiro atoms. The first-order chi connectivity index (χ1) is 8.74. The molecule has 0 bridgehead atoms. The van der Waals surface area contributed by atoms with Gasteiger partial charge in [0.25, 0.3) is 0 Å². The van der Waals surface area contributed by atoms with Gasteiger partial charge < -0.3 is 10.1 Å². The van der Waals surface area contributed by atoms with Crippen molar-refractivity contribution in [3.05, 3.63) is 34.9 Å². The van der Waals surface area contributed by atoms with Crippen molar-refractivity contribution in [2.75, 3.05) is 18.7 Å². The molecule has 0 unspecified atom stereocenters. The number of anilines is 2. The molecule has 1 aromatic carbocycles. The molecular formula is C12H12BrN3OS. The van der Waals surface area contributed by atoms with Gasteiger partial charge in [-0.1, -0.05) is 12.1 Å². The van der Waals surface area contributed by atoms with Crippen LogP contribution in [0.5, 0.6) is 5.88 Å². The number of ether oxygens (including phenoxy) is 1. The molecule has 0 aliphatic rings. The van der Waals surface area contributed by atoms with Crippen molar-refractivity contribution >= 4 is 39.3 Å². The van der Waals surface area contributed by atoms with E-state index in [-0.39, 0.29) is 0 Å². The molecule has 0 atom stereocenters. The molecule has 6 heteroatoms. The summed E-state index contributed by atoms with van der Waals surface area (Å²) in [7, 11) is 1.58. The minimum atomic E-state index is 0.508. The number of hydrogen-bond acceptors (Lipinski definition) is 5. The third-order valence-corrected chi connectivity index (χ3v) is 3.60. The molecule has 0 saturated heterocycles. The van der Waals surface area contributed by atoms with Crippen molar-refractivity contribution in [2.24, 2.45) is 0 Å². The van der Waals surface area contributed by atoms with E-state index in [9.17, 15) is 0 Å². The summed E-state index contributed by atoms with van der Waals surface area (Å²) in [5.41, 5.74) is 0.981. The van der Waals surface area contributed by atoms with E-state index in [1.54, 1.807) is 25.1 Å². The minimum Gasteiger partial charge on any atom is -0.480 e. The normalized spacial score (nSPS) is 10.2. The molecule has 1 aromatic heterocycles. The molecule has 1 N–H and O–H groups in total. The third-order valence-electron chi connectivity index (χ3n) is 2.26. The van der Waals surface area contributed by atoms with Crippen LogP contribution in [0.3, 0.4) is 0 Å². The summed E-state index contributed by atoms with van der Waals surface area (Å²) >= 11 is 4.99. The molecule has 18 heavy (non-hydrogen) atoms. The number of halogens is 1. The fraction of sp³-hybridized carbons (Fsp3) is 0.167. The van der Waals surface area contributed by atoms with Gasteiger partial charge in [-0.3, -0.25) is 0 Å². The molecule has 94 valence electrons. The second-order valence-corrected chi connectivity index (χ2v) is 5.08. The summed E-state index contributed by atoms with van der Waals surface area (Å²) in [5.74, 6) is 1.02. The number of nitrogens with one attached hydrogen (secondary N) is 1. The average Bonchev–Trinajstić information content (AvgIpc) is 2.41. The quantitative estimate of drug-likeness (QED) is 0.868. The summed E-state index contributed by atoms with van der Waals surface area (Å²) in [6.07, 6.45) is 3.69. The van der Waals surface area contributed by atoms with Gasteiger partial charge >= 0.3 is 0 Å². The number of hydrogen-bond donors (Lipinski definition) is 1. The number of para-hydroxylation sites is 1. The Hall–Kier alpha value is -1.27. The lowest BCUT2D eigenvalue weighted by Crippen LogP contribution is -2.00. The highest BCUT2D eigenvalue weighted by molar-refractivity contribution is 9.10. The Labute approximate surface area is 118 Å². The first kappa shape index (κ1) is 13.2. The number of nitrogens with zero attached hydrogens (tertiary/aromatic N) is 2. The maximum atomic E-state index is 5.14. The van der Waals surface area contributed by atoms with Crippen LogP contribution in [-0.4, -0.2) is 23.3 Å². The second-order valence-electron chi connectivity index (χ2n) is 3.38. The monoisotopic (exact) mass is 325 g/mol. The van der Waals surface area contributed by atoms with Gasteiger partial charge in [0, 0.05) is 4.90 Å². The van der Waals surface area contributed by atoms with Gasteiger partial charge in [0.1, 0.15) is 0 Å². The van der Waals surface area contributed by atoms with Crippen molar-refractivity contribution in [2.45, 2.75) is 4.90 Å². The van der Waals surface area contributed by atoms with Gasteiger partial charge in [0.05, 0.1) is 23.5 Å². The Balaban J connectivity index is 2.28. The fourth-order valence-corrected chi connectivity index (χ4v) is 2.33. The summed E-state index contributed by atoms with van der Waals surface area (Å²) < 4.78 is 5.87. The van der Waals surface area contributed by atoms with Crippen LogP contribution >= 0.6 is 27.7 Å². The van der Waals surface area contributed by atoms with E-state index in [1.807, 2.05) is 30.5 Å². The molecule has 2 aromatic rings. The van der Waals surface area contributed by atoms with E-state index in [0.717, 1.165) is 15.1 Å². The van der Waals surface area contributed by atoms with E-state index in [2.05, 4.69) is 31.2 Å². The van der Waals surface area contributed by atoms with Gasteiger partial charge in [0.15, 0.2) is 0 Å². The maximum Gasteiger partial charge on any atom is 0.232 e. The van der Waals surface area contributed by atoms with Crippen LogP contribution in [0.25, 0.3) is 0 Å². The first-order valence-electron chi connectivity index (χ1n) is 5.21. The van der Waals surface area contributed by atoms with Gasteiger partial charge in [-0.05, 0) is 34.3 Å². The van der Waals surface area contributed by atoms with Crippen LogP contribution in [-0.2, 0) is 0 Å². The Morgan fingerprint density at radius 2 is 2.11 bits per heavy atom. The van der Waals surface area contributed by atoms with Crippen molar-refractivity contribution in [1.82, 2.24) is 9.97 Å². The lowest BCUT2D eigenvalue weighted by atomic mass is 10.3. The highest BCUT2D eigenvalue weighted by atomic mass is 79.9. The molecule has 0 radical (unpaired) electrons. The predicted octanol–water partition coefficient (Wildman–Crippen LogP) is 3.71. The summed E-state index contributed by atoms with van der Waals surface area (Å²) in [4.78, 5) is 9.60. The maximum absolute atomic E-state index is 5.14. The molecule has 0 aliphatic carbocycles. The highest BCUT2D eigenvalue weighted by Gasteiger charge is 2.07. The van der Waals surface area contributed by atoms with Gasteiger partial charge in [0.2, 0.25) is 11.8 Å². The summed E-state index contributed by atoms with van der Waals surface area (Å²) in [6, 6.07) is 8.00. The molecule has 0 amide bonds. The number of methoxy groups -OCH3 is 1. The zero-order valence-electron chi connectivity index (χ0n) is 9.98. The predicted molar refractivity (Wildman–Crippen MR) is 77.8 cm³/mol. The van der Waals surface area contributed by atoms with Gasteiger partial charge in [-0.2, -0.15) is 4.98 Å². The number of rotatable bonds is 4. The summed E-state index contributed by atoms with van der Waals surface area (Å²) in [5, 5.41) is 3.18. The third kappa shape index (κ3) is 2.94. The Kier molecular flexibility index (Phi) is 4.43. The topological polar surface area (TPSA) is 47.0 Å². The van der Waals surface area contributed by atoms with Crippen LogP contribution in [0.4, 0.5) is 11.6 Å². The zero-order chi connectivity index (χ0) is 13.0. The zero-order valence-corrected chi connectivity index (χ0v) is 12.4. The molecular weight excluding hydrogens is 314 g/mol. The van der Waals surface area contributed by atoms with Crippen LogP contribution in [0.15, 0.2) is 39.8 Å². The van der Waals surface area contributed by atoms with Crippen LogP contribution in [0.1, 0.15) is 0 Å². The molecule has 0 saturated carbocycles. The van der Waals surface area contributed by atoms with E-state index in [0.29, 0.717) is 11.8 Å². The molecule has 1 heterocycles. The largest absolute Gasteiger partial charge is 0.480 e. The Morgan fingerprint density at radius 3 is 2.83 bits per heavy atom. The van der Waals surface area contributed by atoms with Gasteiger partial charge in [-0.15, -0.1) is 11.8 Å². The first-order valence-corrected chi connectivity index (χ1v) is 7.23. The van der Waals surface area contributed by atoms with E-state index in [1.165, 1.54) is 0 Å². The van der Waals surface area contributed by atoms with E-state index in [4.69, 9.17) is 4.74 Å². The lowest BCUT2D eigenvalue weighted by Gasteiger charge is -2.10. The van der Waals surface area contributed by atoms with E-state index < -0.39 is 0 Å². The Bertz CT molecular complexity index is 551. The van der Waals surface area contributed by atoms with Crippen LogP contribution in [0, 0.1) is 0 Å². The van der Waals surface area contributed by atoms with E-state index >= 15 is 0 Å². The van der Waals surface area contributed by atoms with Gasteiger partial charge in [-0.25, -0.2) is 4.98 Å². The molecule has 2 rings (SSSR count). The van der Waals surface area contributed by atoms with Crippen LogP contribution < -0.4 is 10.1 Å². The minimum absolute atomic E-state index is 0.508. The SMILES string of the molecule is COc1nc(Nc2ccccc2SC)ncc1Br. The standard InChI is InChI=1S/C12H12BrN3OS/c1-17-11-8(13)7-14-12(16-11)15-9-5-3-4-6-10(9)18-2/h3-7H,1-2H3,(H,14,15,16). The highest BCUT2D eigenvalue weighted by Crippen LogP contribution is 2.28. The van der Waals surface area contributed by atoms with Crippen molar-refractivity contribution < 1.29 is 4.74 Å². The van der Waals surface area contributed by atoms with Crippen LogP contribution in [0.2, 0.25) is 0 Å². The van der Waals surface area contributed by atoms with Crippen molar-refractivity contribution in [3.8, 4) is 5.88 Å². The average molecular weight is 326 g/mol. The fourth-order valence-electron chi connectivity index (χ4n) is 1.42. The van der Waals surface area contributed by atoms with Crippen molar-refractivity contribution in [1.29, 1.82) is 0 Å². The summed E-state index contributed by atoms with van der Waals surface area (Å²) in [6.45, 7) is 0. The number of thioether (sulfide) groups is 1. The molecule has 0 aliphatic heterocycles. The molecule has 4 nitrogen and oxygen atoms in total. The smallest absolute Gasteiger partial charge is 0.232 e. The number of benzene rings is 1. The number of aromatic nitrogens is 2. The van der Waals surface area contributed by atoms with Crippen molar-refractivity contribution in [3.63, 3.8) is 0 Å². The molecule has 0 fully saturated rings. The second kappa shape index (κ2) is 6.06. The Morgan fingerprint density at radius 1 is 1.33 bits per heavy atom.